The molecule has 1 saturated heterocycles. The Labute approximate surface area is 94.6 Å². The van der Waals surface area contributed by atoms with Gasteiger partial charge in [-0.15, -0.1) is 0 Å². The Morgan fingerprint density at radius 2 is 2.20 bits per heavy atom. The van der Waals surface area contributed by atoms with Crippen LogP contribution in [-0.2, 0) is 9.59 Å². The molecule has 1 aliphatic heterocycles. The Morgan fingerprint density at radius 3 is 2.80 bits per heavy atom. The summed E-state index contributed by atoms with van der Waals surface area (Å²) in [7, 11) is 0. The van der Waals surface area contributed by atoms with Crippen LogP contribution in [0.2, 0.25) is 0 Å². The van der Waals surface area contributed by atoms with Crippen molar-refractivity contribution in [2.45, 2.75) is 26.2 Å². The lowest BCUT2D eigenvalue weighted by atomic mass is 10.1. The van der Waals surface area contributed by atoms with E-state index >= 15 is 0 Å². The number of carbonyl (C=O) groups excluding carboxylic acids is 2. The minimum Gasteiger partial charge on any atom is -0.342 e. The lowest BCUT2D eigenvalue weighted by Gasteiger charge is -2.15. The van der Waals surface area contributed by atoms with Crippen molar-refractivity contribution in [3.8, 4) is 0 Å². The number of amides is 1. The molecule has 1 unspecified atom stereocenters. The summed E-state index contributed by atoms with van der Waals surface area (Å²) in [4.78, 5) is 24.4. The monoisotopic (exact) mass is 227 g/mol. The minimum absolute atomic E-state index is 0.156. The molecule has 1 saturated carbocycles. The third-order valence-electron chi connectivity index (χ3n) is 2.99. The molecule has 1 amide bonds. The Kier molecular flexibility index (Phi) is 3.34. The Morgan fingerprint density at radius 1 is 1.47 bits per heavy atom. The molecule has 1 aliphatic carbocycles. The van der Waals surface area contributed by atoms with E-state index in [1.54, 1.807) is 6.92 Å². The second kappa shape index (κ2) is 4.56. The molecule has 0 aromatic rings. The highest BCUT2D eigenvalue weighted by Gasteiger charge is 2.33. The van der Waals surface area contributed by atoms with Crippen molar-refractivity contribution in [2.24, 2.45) is 11.8 Å². The van der Waals surface area contributed by atoms with Gasteiger partial charge in [0.15, 0.2) is 5.12 Å². The van der Waals surface area contributed by atoms with E-state index in [1.165, 1.54) is 24.6 Å². The van der Waals surface area contributed by atoms with Crippen LogP contribution >= 0.6 is 11.8 Å². The summed E-state index contributed by atoms with van der Waals surface area (Å²) in [5.41, 5.74) is 0. The molecular formula is C11H17NO2S. The normalized spacial score (nSPS) is 26.1. The van der Waals surface area contributed by atoms with Crippen molar-refractivity contribution in [1.82, 2.24) is 4.90 Å². The van der Waals surface area contributed by atoms with E-state index in [9.17, 15) is 9.59 Å². The summed E-state index contributed by atoms with van der Waals surface area (Å²) in [6.07, 6.45) is 3.22. The number of carbonyl (C=O) groups is 2. The predicted molar refractivity (Wildman–Crippen MR) is 60.6 cm³/mol. The van der Waals surface area contributed by atoms with Crippen molar-refractivity contribution in [1.29, 1.82) is 0 Å². The maximum Gasteiger partial charge on any atom is 0.222 e. The fraction of sp³-hybridized carbons (Fsp3) is 0.818. The standard InChI is InChI=1S/C11H17NO2S/c1-8(13)15-7-10-4-11(14)12(6-10)5-9-2-3-9/h9-10H,2-7H2,1H3. The summed E-state index contributed by atoms with van der Waals surface area (Å²) in [5, 5.41) is 0.156. The van der Waals surface area contributed by atoms with Crippen LogP contribution in [0.1, 0.15) is 26.2 Å². The first-order chi connectivity index (χ1) is 7.15. The van der Waals surface area contributed by atoms with Gasteiger partial charge >= 0.3 is 0 Å². The molecule has 4 heteroatoms. The fourth-order valence-electron chi connectivity index (χ4n) is 1.99. The second-order valence-electron chi connectivity index (χ2n) is 4.61. The number of rotatable bonds is 4. The highest BCUT2D eigenvalue weighted by molar-refractivity contribution is 8.13. The van der Waals surface area contributed by atoms with Crippen molar-refractivity contribution in [3.63, 3.8) is 0 Å². The smallest absolute Gasteiger partial charge is 0.222 e. The molecule has 2 fully saturated rings. The largest absolute Gasteiger partial charge is 0.342 e. The number of thioether (sulfide) groups is 1. The van der Waals surface area contributed by atoms with Crippen LogP contribution < -0.4 is 0 Å². The molecule has 1 atom stereocenters. The van der Waals surface area contributed by atoms with E-state index < -0.39 is 0 Å². The van der Waals surface area contributed by atoms with E-state index in [0.717, 1.165) is 24.8 Å². The summed E-state index contributed by atoms with van der Waals surface area (Å²) >= 11 is 1.35. The van der Waals surface area contributed by atoms with E-state index in [2.05, 4.69) is 0 Å². The second-order valence-corrected chi connectivity index (χ2v) is 5.81. The molecule has 2 aliphatic rings. The highest BCUT2D eigenvalue weighted by atomic mass is 32.2. The molecular weight excluding hydrogens is 210 g/mol. The zero-order chi connectivity index (χ0) is 10.8. The van der Waals surface area contributed by atoms with Crippen molar-refractivity contribution < 1.29 is 9.59 Å². The zero-order valence-electron chi connectivity index (χ0n) is 9.07. The zero-order valence-corrected chi connectivity index (χ0v) is 9.89. The van der Waals surface area contributed by atoms with Crippen LogP contribution in [0.5, 0.6) is 0 Å². The quantitative estimate of drug-likeness (QED) is 0.731. The Hall–Kier alpha value is -0.510. The van der Waals surface area contributed by atoms with Crippen LogP contribution in [0.25, 0.3) is 0 Å². The SMILES string of the molecule is CC(=O)SCC1CC(=O)N(CC2CC2)C1. The summed E-state index contributed by atoms with van der Waals surface area (Å²) in [6, 6.07) is 0. The first-order valence-corrected chi connectivity index (χ1v) is 6.55. The number of likely N-dealkylation sites (tertiary alicyclic amines) is 1. The van der Waals surface area contributed by atoms with Gasteiger partial charge in [0.2, 0.25) is 5.91 Å². The lowest BCUT2D eigenvalue weighted by Crippen LogP contribution is -2.27. The van der Waals surface area contributed by atoms with Gasteiger partial charge in [0.25, 0.3) is 0 Å². The van der Waals surface area contributed by atoms with Crippen molar-refractivity contribution in [2.75, 3.05) is 18.8 Å². The molecule has 0 N–H and O–H groups in total. The predicted octanol–water partition coefficient (Wildman–Crippen LogP) is 1.52. The third-order valence-corrected chi connectivity index (χ3v) is 4.04. The van der Waals surface area contributed by atoms with Gasteiger partial charge in [-0.05, 0) is 24.7 Å². The third kappa shape index (κ3) is 3.23. The maximum absolute atomic E-state index is 11.6. The lowest BCUT2D eigenvalue weighted by molar-refractivity contribution is -0.127. The van der Waals surface area contributed by atoms with Crippen molar-refractivity contribution >= 4 is 22.8 Å². The van der Waals surface area contributed by atoms with Crippen LogP contribution in [0, 0.1) is 11.8 Å². The van der Waals surface area contributed by atoms with Crippen LogP contribution in [0.15, 0.2) is 0 Å². The van der Waals surface area contributed by atoms with Crippen molar-refractivity contribution in [3.05, 3.63) is 0 Å². The van der Waals surface area contributed by atoms with Gasteiger partial charge < -0.3 is 4.90 Å². The number of hydrogen-bond acceptors (Lipinski definition) is 3. The molecule has 1 heterocycles. The van der Waals surface area contributed by atoms with E-state index in [4.69, 9.17) is 0 Å². The Balaban J connectivity index is 1.75. The summed E-state index contributed by atoms with van der Waals surface area (Å²) in [6.45, 7) is 3.42. The van der Waals surface area contributed by atoms with Crippen LogP contribution in [-0.4, -0.2) is 34.8 Å². The average molecular weight is 227 g/mol. The molecule has 15 heavy (non-hydrogen) atoms. The maximum atomic E-state index is 11.6. The Bertz CT molecular complexity index is 276. The molecule has 0 aromatic carbocycles. The van der Waals surface area contributed by atoms with E-state index in [1.807, 2.05) is 4.90 Å². The van der Waals surface area contributed by atoms with Gasteiger partial charge in [0, 0.05) is 32.2 Å². The fourth-order valence-corrected chi connectivity index (χ4v) is 2.68. The first kappa shape index (κ1) is 11.0. The summed E-state index contributed by atoms with van der Waals surface area (Å²) < 4.78 is 0. The topological polar surface area (TPSA) is 37.4 Å². The first-order valence-electron chi connectivity index (χ1n) is 5.56. The van der Waals surface area contributed by atoms with Crippen LogP contribution in [0.4, 0.5) is 0 Å². The number of nitrogens with zero attached hydrogens (tertiary/aromatic N) is 1. The minimum atomic E-state index is 0.156. The van der Waals surface area contributed by atoms with Gasteiger partial charge in [0.1, 0.15) is 0 Å². The number of hydrogen-bond donors (Lipinski definition) is 0. The molecule has 3 nitrogen and oxygen atoms in total. The van der Waals surface area contributed by atoms with E-state index in [0.29, 0.717) is 12.3 Å². The van der Waals surface area contributed by atoms with Crippen LogP contribution in [0.3, 0.4) is 0 Å². The van der Waals surface area contributed by atoms with Gasteiger partial charge in [-0.25, -0.2) is 0 Å². The molecule has 0 spiro atoms. The molecule has 0 aromatic heterocycles. The molecule has 0 radical (unpaired) electrons. The van der Waals surface area contributed by atoms with Gasteiger partial charge in [-0.2, -0.15) is 0 Å². The van der Waals surface area contributed by atoms with E-state index in [-0.39, 0.29) is 11.0 Å². The van der Waals surface area contributed by atoms with Gasteiger partial charge in [-0.1, -0.05) is 11.8 Å². The van der Waals surface area contributed by atoms with Gasteiger partial charge in [-0.3, -0.25) is 9.59 Å². The average Bonchev–Trinajstić information content (AvgIpc) is 2.89. The highest BCUT2D eigenvalue weighted by Crippen LogP contribution is 2.32. The molecule has 84 valence electrons. The molecule has 0 bridgehead atoms. The summed E-state index contributed by atoms with van der Waals surface area (Å²) in [5.74, 6) is 2.26. The van der Waals surface area contributed by atoms with Gasteiger partial charge in [0.05, 0.1) is 0 Å². The molecule has 2 rings (SSSR count).